The van der Waals surface area contributed by atoms with Gasteiger partial charge < -0.3 is 19.9 Å². The van der Waals surface area contributed by atoms with Gasteiger partial charge in [0, 0.05) is 32.4 Å². The lowest BCUT2D eigenvalue weighted by atomic mass is 9.62. The number of aliphatic hydroxyl groups is 1. The molecule has 2 fully saturated rings. The Kier molecular flexibility index (Phi) is 4.34. The van der Waals surface area contributed by atoms with E-state index in [4.69, 9.17) is 5.11 Å². The summed E-state index contributed by atoms with van der Waals surface area (Å²) >= 11 is 0. The van der Waals surface area contributed by atoms with Gasteiger partial charge in [0.15, 0.2) is 0 Å². The molecule has 1 aliphatic carbocycles. The van der Waals surface area contributed by atoms with Crippen molar-refractivity contribution in [3.8, 4) is 0 Å². The molecule has 2 aromatic rings. The normalized spacial score (nSPS) is 28.8. The van der Waals surface area contributed by atoms with E-state index in [2.05, 4.69) is 33.8 Å². The van der Waals surface area contributed by atoms with Crippen LogP contribution in [0.5, 0.6) is 0 Å². The van der Waals surface area contributed by atoms with E-state index in [0.29, 0.717) is 12.0 Å². The molecule has 0 radical (unpaired) electrons. The molecule has 1 saturated carbocycles. The first-order chi connectivity index (χ1) is 12.5. The molecule has 26 heavy (non-hydrogen) atoms. The Labute approximate surface area is 153 Å². The second kappa shape index (κ2) is 6.54. The van der Waals surface area contributed by atoms with E-state index >= 15 is 0 Å². The molecule has 0 aromatic carbocycles. The number of piperidine rings is 1. The summed E-state index contributed by atoms with van der Waals surface area (Å²) in [7, 11) is 2.13. The topological polar surface area (TPSA) is 85.4 Å². The number of hydrogen-bond donors (Lipinski definition) is 2. The molecular formula is C19H27N5O2. The molecule has 1 saturated heterocycles. The molecule has 2 N–H and O–H groups in total. The molecule has 2 aliphatic rings. The third-order valence-corrected chi connectivity index (χ3v) is 6.63. The van der Waals surface area contributed by atoms with Gasteiger partial charge in [-0.3, -0.25) is 4.79 Å². The van der Waals surface area contributed by atoms with Gasteiger partial charge in [-0.2, -0.15) is 0 Å². The molecule has 0 spiro atoms. The van der Waals surface area contributed by atoms with Crippen LogP contribution in [0.1, 0.15) is 32.6 Å². The van der Waals surface area contributed by atoms with Crippen LogP contribution in [-0.4, -0.2) is 63.7 Å². The Morgan fingerprint density at radius 1 is 1.46 bits per heavy atom. The second-order valence-corrected chi connectivity index (χ2v) is 8.08. The van der Waals surface area contributed by atoms with Crippen molar-refractivity contribution in [3.05, 3.63) is 18.6 Å². The average Bonchev–Trinajstić information content (AvgIpc) is 3.14. The Bertz CT molecular complexity index is 806. The predicted octanol–water partition coefficient (Wildman–Crippen LogP) is 1.79. The minimum absolute atomic E-state index is 0.137. The van der Waals surface area contributed by atoms with Gasteiger partial charge in [-0.25, -0.2) is 9.97 Å². The van der Waals surface area contributed by atoms with E-state index in [1.807, 2.05) is 17.2 Å². The number of hydrogen-bond acceptors (Lipinski definition) is 5. The summed E-state index contributed by atoms with van der Waals surface area (Å²) in [6, 6.07) is 2.47. The monoisotopic (exact) mass is 357 g/mol. The maximum absolute atomic E-state index is 11.9. The highest BCUT2D eigenvalue weighted by atomic mass is 16.3. The van der Waals surface area contributed by atoms with Gasteiger partial charge in [0.1, 0.15) is 24.4 Å². The quantitative estimate of drug-likeness (QED) is 0.875. The zero-order valence-corrected chi connectivity index (χ0v) is 15.5. The molecule has 4 rings (SSSR count). The van der Waals surface area contributed by atoms with Crippen LogP contribution in [0.25, 0.3) is 11.0 Å². The van der Waals surface area contributed by atoms with Crippen molar-refractivity contribution in [1.82, 2.24) is 19.9 Å². The summed E-state index contributed by atoms with van der Waals surface area (Å²) in [6.45, 7) is 3.51. The van der Waals surface area contributed by atoms with E-state index in [1.54, 1.807) is 6.33 Å². The summed E-state index contributed by atoms with van der Waals surface area (Å²) in [4.78, 5) is 28.0. The van der Waals surface area contributed by atoms with E-state index < -0.39 is 0 Å². The molecule has 1 aliphatic heterocycles. The van der Waals surface area contributed by atoms with Crippen molar-refractivity contribution >= 4 is 22.8 Å². The molecule has 0 bridgehead atoms. The highest BCUT2D eigenvalue weighted by Crippen LogP contribution is 2.48. The van der Waals surface area contributed by atoms with Crippen LogP contribution in [0.3, 0.4) is 0 Å². The van der Waals surface area contributed by atoms with Crippen molar-refractivity contribution < 1.29 is 9.90 Å². The lowest BCUT2D eigenvalue weighted by molar-refractivity contribution is -0.139. The number of fused-ring (bicyclic) bond motifs is 2. The highest BCUT2D eigenvalue weighted by Gasteiger charge is 2.45. The summed E-state index contributed by atoms with van der Waals surface area (Å²) in [5.41, 5.74) is 1.10. The molecular weight excluding hydrogens is 330 g/mol. The first-order valence-electron chi connectivity index (χ1n) is 9.41. The van der Waals surface area contributed by atoms with E-state index in [-0.39, 0.29) is 17.9 Å². The maximum atomic E-state index is 11.9. The number of nitrogens with zero attached hydrogens (tertiary/aromatic N) is 4. The number of carbonyl (C=O) groups is 1. The van der Waals surface area contributed by atoms with Gasteiger partial charge in [-0.15, -0.1) is 0 Å². The third kappa shape index (κ3) is 2.84. The minimum Gasteiger partial charge on any atom is -0.387 e. The predicted molar refractivity (Wildman–Crippen MR) is 99.8 cm³/mol. The van der Waals surface area contributed by atoms with Gasteiger partial charge in [0.05, 0.1) is 5.39 Å². The van der Waals surface area contributed by atoms with E-state index in [0.717, 1.165) is 55.6 Å². The summed E-state index contributed by atoms with van der Waals surface area (Å²) in [6.07, 6.45) is 7.82. The van der Waals surface area contributed by atoms with Crippen LogP contribution in [0.4, 0.5) is 5.82 Å². The first-order valence-corrected chi connectivity index (χ1v) is 9.41. The van der Waals surface area contributed by atoms with Crippen LogP contribution in [0, 0.1) is 11.3 Å². The second-order valence-electron chi connectivity index (χ2n) is 8.08. The van der Waals surface area contributed by atoms with Gasteiger partial charge in [0.25, 0.3) is 0 Å². The number of aliphatic hydroxyl groups excluding tert-OH is 1. The Hall–Kier alpha value is -2.15. The van der Waals surface area contributed by atoms with Gasteiger partial charge in [-0.05, 0) is 43.1 Å². The van der Waals surface area contributed by atoms with Gasteiger partial charge in [-0.1, -0.05) is 6.92 Å². The Balaban J connectivity index is 1.51. The van der Waals surface area contributed by atoms with E-state index in [1.165, 1.54) is 0 Å². The Morgan fingerprint density at radius 2 is 2.31 bits per heavy atom. The Morgan fingerprint density at radius 3 is 3.12 bits per heavy atom. The molecule has 3 unspecified atom stereocenters. The van der Waals surface area contributed by atoms with E-state index in [9.17, 15) is 4.79 Å². The first kappa shape index (κ1) is 17.3. The average molecular weight is 357 g/mol. The van der Waals surface area contributed by atoms with Crippen molar-refractivity contribution in [2.75, 3.05) is 31.6 Å². The summed E-state index contributed by atoms with van der Waals surface area (Å²) < 4.78 is 0. The lowest BCUT2D eigenvalue weighted by Crippen LogP contribution is -2.54. The number of H-pyrrole nitrogens is 1. The number of aromatic nitrogens is 3. The molecule has 1 amide bonds. The zero-order valence-electron chi connectivity index (χ0n) is 15.5. The highest BCUT2D eigenvalue weighted by molar-refractivity contribution is 5.87. The molecule has 3 heterocycles. The standard InChI is InChI=1S/C19H27N5O2/c1-19-6-8-24(16(26)11-25)10-13(19)3-4-14(9-19)23(2)18-15-5-7-20-17(15)21-12-22-18/h5,7,12-14,25H,3-4,6,8-11H2,1-2H3,(H,20,21,22). The molecule has 7 heteroatoms. The van der Waals surface area contributed by atoms with Crippen molar-refractivity contribution in [3.63, 3.8) is 0 Å². The summed E-state index contributed by atoms with van der Waals surface area (Å²) in [5, 5.41) is 10.2. The molecule has 3 atom stereocenters. The number of aromatic amines is 1. The maximum Gasteiger partial charge on any atom is 0.248 e. The number of anilines is 1. The number of nitrogens with one attached hydrogen (secondary N) is 1. The fourth-order valence-electron chi connectivity index (χ4n) is 4.88. The van der Waals surface area contributed by atoms with Crippen molar-refractivity contribution in [2.45, 2.75) is 38.6 Å². The van der Waals surface area contributed by atoms with Crippen LogP contribution in [-0.2, 0) is 4.79 Å². The SMILES string of the molecule is CN(c1ncnc2[nH]ccc12)C1CCC2CN(C(=O)CO)CCC2(C)C1. The fraction of sp³-hybridized carbons (Fsp3) is 0.632. The van der Waals surface area contributed by atoms with Gasteiger partial charge in [0.2, 0.25) is 5.91 Å². The molecule has 140 valence electrons. The van der Waals surface area contributed by atoms with Gasteiger partial charge >= 0.3 is 0 Å². The van der Waals surface area contributed by atoms with Crippen LogP contribution in [0.2, 0.25) is 0 Å². The number of rotatable bonds is 3. The molecule has 2 aromatic heterocycles. The number of carbonyl (C=O) groups excluding carboxylic acids is 1. The number of amides is 1. The van der Waals surface area contributed by atoms with Crippen molar-refractivity contribution in [1.29, 1.82) is 0 Å². The third-order valence-electron chi connectivity index (χ3n) is 6.63. The lowest BCUT2D eigenvalue weighted by Gasteiger charge is -2.52. The van der Waals surface area contributed by atoms with Crippen LogP contribution >= 0.6 is 0 Å². The fourth-order valence-corrected chi connectivity index (χ4v) is 4.88. The van der Waals surface area contributed by atoms with Crippen molar-refractivity contribution in [2.24, 2.45) is 11.3 Å². The minimum atomic E-state index is -0.380. The largest absolute Gasteiger partial charge is 0.387 e. The molecule has 7 nitrogen and oxygen atoms in total. The smallest absolute Gasteiger partial charge is 0.248 e. The van der Waals surface area contributed by atoms with Crippen LogP contribution in [0.15, 0.2) is 18.6 Å². The number of likely N-dealkylation sites (tertiary alicyclic amines) is 1. The zero-order chi connectivity index (χ0) is 18.3. The van der Waals surface area contributed by atoms with Crippen LogP contribution < -0.4 is 4.90 Å². The summed E-state index contributed by atoms with van der Waals surface area (Å²) in [5.74, 6) is 1.35.